The van der Waals surface area contributed by atoms with Crippen LogP contribution >= 0.6 is 0 Å². The van der Waals surface area contributed by atoms with E-state index in [0.29, 0.717) is 0 Å². The van der Waals surface area contributed by atoms with Crippen molar-refractivity contribution in [3.05, 3.63) is 0 Å². The molecular weight excluding hydrogens is 344 g/mol. The predicted octanol–water partition coefficient (Wildman–Crippen LogP) is -6.25. The molecule has 0 aliphatic carbocycles. The minimum Gasteiger partial charge on any atom is -0.780 e. The Morgan fingerprint density at radius 2 is 0.870 bits per heavy atom. The fourth-order valence-electron chi connectivity index (χ4n) is 3.32. The zero-order valence-electron chi connectivity index (χ0n) is 13.4. The highest BCUT2D eigenvalue weighted by molar-refractivity contribution is 8.26. The summed E-state index contributed by atoms with van der Waals surface area (Å²) in [5.41, 5.74) is 0. The van der Waals surface area contributed by atoms with E-state index in [2.05, 4.69) is 21.0 Å². The lowest BCUT2D eigenvalue weighted by Crippen LogP contribution is -3.17. The minimum atomic E-state index is -4.33. The van der Waals surface area contributed by atoms with Gasteiger partial charge in [0, 0.05) is 39.3 Å². The van der Waals surface area contributed by atoms with Gasteiger partial charge in [0.25, 0.3) is 0 Å². The van der Waals surface area contributed by atoms with Crippen LogP contribution in [0.3, 0.4) is 0 Å². The SMILES string of the molecule is C1C[NH+]2CCN1CC2.C1C[NH+]2CCN1CC2.O.O.O=S([O-])([O-])=S. The number of fused-ring (bicyclic) bond motifs is 6. The van der Waals surface area contributed by atoms with Crippen molar-refractivity contribution in [1.29, 1.82) is 0 Å². The number of hydrogen-bond donors (Lipinski definition) is 2. The zero-order valence-corrected chi connectivity index (χ0v) is 15.1. The molecule has 0 aromatic rings. The Balaban J connectivity index is 0.000000313. The highest BCUT2D eigenvalue weighted by atomic mass is 32.9. The van der Waals surface area contributed by atoms with Crippen molar-refractivity contribution in [2.75, 3.05) is 78.5 Å². The summed E-state index contributed by atoms with van der Waals surface area (Å²) < 4.78 is 26.7. The van der Waals surface area contributed by atoms with Gasteiger partial charge in [-0.1, -0.05) is 0 Å². The fourth-order valence-corrected chi connectivity index (χ4v) is 3.32. The summed E-state index contributed by atoms with van der Waals surface area (Å²) in [6.45, 7) is 16.6. The van der Waals surface area contributed by atoms with Crippen molar-refractivity contribution in [2.24, 2.45) is 0 Å². The van der Waals surface area contributed by atoms with Crippen LogP contribution in [0, 0.1) is 0 Å². The van der Waals surface area contributed by atoms with Crippen molar-refractivity contribution >= 4 is 20.2 Å². The summed E-state index contributed by atoms with van der Waals surface area (Å²) in [4.78, 5) is 8.78. The molecule has 140 valence electrons. The monoisotopic (exact) mass is 374 g/mol. The van der Waals surface area contributed by atoms with Crippen LogP contribution in [0.4, 0.5) is 0 Å². The van der Waals surface area contributed by atoms with Crippen molar-refractivity contribution < 1.29 is 34.1 Å². The minimum absolute atomic E-state index is 0. The lowest BCUT2D eigenvalue weighted by molar-refractivity contribution is -0.914. The van der Waals surface area contributed by atoms with Crippen LogP contribution in [-0.4, -0.2) is 113 Å². The van der Waals surface area contributed by atoms with E-state index < -0.39 is 9.05 Å². The number of piperazine rings is 6. The molecule has 0 saturated carbocycles. The molecule has 6 aliphatic heterocycles. The van der Waals surface area contributed by atoms with Gasteiger partial charge in [-0.15, -0.1) is 9.05 Å². The van der Waals surface area contributed by atoms with Gasteiger partial charge in [0.2, 0.25) is 0 Å². The maximum Gasteiger partial charge on any atom is 0.0901 e. The van der Waals surface area contributed by atoms with Gasteiger partial charge in [0.15, 0.2) is 0 Å². The average molecular weight is 375 g/mol. The van der Waals surface area contributed by atoms with Gasteiger partial charge in [0.05, 0.1) is 39.3 Å². The van der Waals surface area contributed by atoms with Gasteiger partial charge in [-0.25, -0.2) is 0 Å². The molecule has 4 bridgehead atoms. The first-order chi connectivity index (χ1) is 9.90. The highest BCUT2D eigenvalue weighted by Gasteiger charge is 2.26. The second-order valence-electron chi connectivity index (χ2n) is 6.09. The van der Waals surface area contributed by atoms with E-state index in [-0.39, 0.29) is 11.0 Å². The van der Waals surface area contributed by atoms with E-state index in [1.165, 1.54) is 78.5 Å². The van der Waals surface area contributed by atoms with Gasteiger partial charge in [-0.05, 0) is 11.2 Å². The molecule has 0 aromatic heterocycles. The van der Waals surface area contributed by atoms with Crippen LogP contribution in [-0.2, 0) is 20.2 Å². The van der Waals surface area contributed by atoms with Gasteiger partial charge in [0.1, 0.15) is 0 Å². The molecule has 6 rings (SSSR count). The predicted molar refractivity (Wildman–Crippen MR) is 88.3 cm³/mol. The van der Waals surface area contributed by atoms with Crippen LogP contribution in [0.2, 0.25) is 0 Å². The average Bonchev–Trinajstić information content (AvgIpc) is 2.50. The van der Waals surface area contributed by atoms with E-state index >= 15 is 0 Å². The van der Waals surface area contributed by atoms with Gasteiger partial charge < -0.3 is 29.9 Å². The Labute approximate surface area is 143 Å². The number of quaternary nitrogens is 2. The van der Waals surface area contributed by atoms with E-state index in [0.717, 1.165) is 0 Å². The molecule has 0 aromatic carbocycles. The van der Waals surface area contributed by atoms with Crippen LogP contribution < -0.4 is 9.80 Å². The van der Waals surface area contributed by atoms with Crippen LogP contribution in [0.25, 0.3) is 0 Å². The molecule has 6 N–H and O–H groups in total. The largest absolute Gasteiger partial charge is 0.780 e. The topological polar surface area (TPSA) is 142 Å². The number of nitrogens with one attached hydrogen (secondary N) is 2. The number of nitrogens with zero attached hydrogens (tertiary/aromatic N) is 2. The van der Waals surface area contributed by atoms with Gasteiger partial charge in [-0.2, -0.15) is 0 Å². The molecule has 11 heteroatoms. The van der Waals surface area contributed by atoms with Crippen LogP contribution in [0.5, 0.6) is 0 Å². The van der Waals surface area contributed by atoms with Gasteiger partial charge >= 0.3 is 0 Å². The van der Waals surface area contributed by atoms with Gasteiger partial charge in [-0.3, -0.25) is 14.0 Å². The maximum atomic E-state index is 8.89. The van der Waals surface area contributed by atoms with E-state index in [9.17, 15) is 0 Å². The Bertz CT molecular complexity index is 332. The number of hydrogen-bond acceptors (Lipinski definition) is 6. The Morgan fingerprint density at radius 3 is 0.913 bits per heavy atom. The summed E-state index contributed by atoms with van der Waals surface area (Å²) in [5, 5.41) is 0. The summed E-state index contributed by atoms with van der Waals surface area (Å²) in [7, 11) is -4.33. The molecule has 6 fully saturated rings. The summed E-state index contributed by atoms with van der Waals surface area (Å²) in [6, 6.07) is 0. The third-order valence-electron chi connectivity index (χ3n) is 4.69. The summed E-state index contributed by atoms with van der Waals surface area (Å²) in [6.07, 6.45) is 0. The second-order valence-corrected chi connectivity index (χ2v) is 8.13. The van der Waals surface area contributed by atoms with E-state index in [1.807, 2.05) is 9.80 Å². The molecule has 0 radical (unpaired) electrons. The maximum absolute atomic E-state index is 8.89. The lowest BCUT2D eigenvalue weighted by Gasteiger charge is -2.38. The molecule has 6 heterocycles. The third-order valence-corrected chi connectivity index (χ3v) is 4.69. The van der Waals surface area contributed by atoms with E-state index in [1.54, 1.807) is 0 Å². The normalized spacial score (nSPS) is 33.8. The third kappa shape index (κ3) is 9.82. The molecule has 6 saturated heterocycles. The van der Waals surface area contributed by atoms with Crippen LogP contribution in [0.15, 0.2) is 0 Å². The molecule has 0 amide bonds. The highest BCUT2D eigenvalue weighted by Crippen LogP contribution is 1.91. The molecule has 0 atom stereocenters. The standard InChI is InChI=1S/2C6H12N2.H2O3S2.2H2O/c2*1-2-8-5-3-7(1)4-6-8;1-5(2,3)4;;/h2*1-6H2;(H2,1,2,3,4);2*1H2. The molecule has 0 spiro atoms. The molecule has 0 unspecified atom stereocenters. The van der Waals surface area contributed by atoms with E-state index in [4.69, 9.17) is 13.3 Å². The number of rotatable bonds is 0. The summed E-state index contributed by atoms with van der Waals surface area (Å²) in [5.74, 6) is 0. The fraction of sp³-hybridized carbons (Fsp3) is 1.00. The zero-order chi connectivity index (χ0) is 15.3. The Kier molecular flexibility index (Phi) is 10.8. The van der Waals surface area contributed by atoms with Crippen molar-refractivity contribution in [1.82, 2.24) is 9.80 Å². The first-order valence-electron chi connectivity index (χ1n) is 7.69. The molecule has 23 heavy (non-hydrogen) atoms. The smallest absolute Gasteiger partial charge is 0.0901 e. The molecule has 9 nitrogen and oxygen atoms in total. The molecule has 6 aliphatic rings. The Morgan fingerprint density at radius 1 is 0.696 bits per heavy atom. The van der Waals surface area contributed by atoms with Crippen molar-refractivity contribution in [3.8, 4) is 0 Å². The lowest BCUT2D eigenvalue weighted by atomic mass is 10.2. The Hall–Kier alpha value is 0.0500. The first kappa shape index (κ1) is 23.1. The molecular formula is C12H30N4O5S2. The van der Waals surface area contributed by atoms with Crippen molar-refractivity contribution in [2.45, 2.75) is 0 Å². The first-order valence-corrected chi connectivity index (χ1v) is 10.0. The van der Waals surface area contributed by atoms with Crippen molar-refractivity contribution in [3.63, 3.8) is 0 Å². The second kappa shape index (κ2) is 10.8. The van der Waals surface area contributed by atoms with Crippen LogP contribution in [0.1, 0.15) is 0 Å². The summed E-state index contributed by atoms with van der Waals surface area (Å²) >= 11 is 3.24. The quantitative estimate of drug-likeness (QED) is 0.432.